The summed E-state index contributed by atoms with van der Waals surface area (Å²) in [7, 11) is -3.68. The summed E-state index contributed by atoms with van der Waals surface area (Å²) < 4.78 is 27.5. The summed E-state index contributed by atoms with van der Waals surface area (Å²) in [6, 6.07) is 13.4. The molecule has 142 valence electrons. The monoisotopic (exact) mass is 386 g/mol. The van der Waals surface area contributed by atoms with Gasteiger partial charge in [-0.05, 0) is 49.6 Å². The molecule has 1 aliphatic rings. The number of piperidine rings is 1. The van der Waals surface area contributed by atoms with Crippen molar-refractivity contribution < 1.29 is 18.0 Å². The number of benzene rings is 2. The first-order valence-corrected chi connectivity index (χ1v) is 10.3. The van der Waals surface area contributed by atoms with E-state index in [0.29, 0.717) is 24.9 Å². The van der Waals surface area contributed by atoms with Gasteiger partial charge in [-0.2, -0.15) is 0 Å². The van der Waals surface area contributed by atoms with Crippen LogP contribution >= 0.6 is 0 Å². The van der Waals surface area contributed by atoms with E-state index in [1.807, 2.05) is 13.8 Å². The number of carbonyl (C=O) groups is 2. The zero-order chi connectivity index (χ0) is 19.7. The molecule has 6 nitrogen and oxygen atoms in total. The highest BCUT2D eigenvalue weighted by Crippen LogP contribution is 2.36. The van der Waals surface area contributed by atoms with Gasteiger partial charge in [-0.3, -0.25) is 19.6 Å². The zero-order valence-corrected chi connectivity index (χ0v) is 16.1. The number of anilines is 1. The van der Waals surface area contributed by atoms with Gasteiger partial charge in [0, 0.05) is 12.1 Å². The molecule has 1 aliphatic heterocycles. The van der Waals surface area contributed by atoms with E-state index in [2.05, 4.69) is 10.0 Å². The van der Waals surface area contributed by atoms with E-state index in [9.17, 15) is 18.0 Å². The van der Waals surface area contributed by atoms with Crippen molar-refractivity contribution in [1.29, 1.82) is 0 Å². The Morgan fingerprint density at radius 2 is 1.67 bits per heavy atom. The number of sulfonamides is 1. The van der Waals surface area contributed by atoms with Crippen LogP contribution in [-0.2, 0) is 25.0 Å². The molecular formula is C20H22N2O4S. The van der Waals surface area contributed by atoms with Crippen LogP contribution < -0.4 is 10.0 Å². The Kier molecular flexibility index (Phi) is 5.06. The van der Waals surface area contributed by atoms with Gasteiger partial charge in [0.1, 0.15) is 0 Å². The number of nitrogens with one attached hydrogen (secondary N) is 2. The predicted molar refractivity (Wildman–Crippen MR) is 103 cm³/mol. The first kappa shape index (κ1) is 19.1. The normalized spacial score (nSPS) is 20.2. The molecule has 1 saturated heterocycles. The van der Waals surface area contributed by atoms with Gasteiger partial charge in [0.05, 0.1) is 10.3 Å². The molecule has 0 radical (unpaired) electrons. The number of amides is 2. The highest BCUT2D eigenvalue weighted by Gasteiger charge is 2.42. The third kappa shape index (κ3) is 3.73. The first-order chi connectivity index (χ1) is 12.8. The van der Waals surface area contributed by atoms with Crippen molar-refractivity contribution in [3.8, 4) is 0 Å². The molecule has 0 aromatic heterocycles. The average molecular weight is 386 g/mol. The number of carbonyl (C=O) groups excluding carboxylic acids is 2. The Hall–Kier alpha value is -2.67. The van der Waals surface area contributed by atoms with Gasteiger partial charge in [-0.25, -0.2) is 8.42 Å². The van der Waals surface area contributed by atoms with Crippen molar-refractivity contribution in [2.24, 2.45) is 0 Å². The van der Waals surface area contributed by atoms with Gasteiger partial charge >= 0.3 is 0 Å². The summed E-state index contributed by atoms with van der Waals surface area (Å²) in [4.78, 5) is 24.1. The lowest BCUT2D eigenvalue weighted by Crippen LogP contribution is -2.51. The number of imide groups is 1. The summed E-state index contributed by atoms with van der Waals surface area (Å²) >= 11 is 0. The van der Waals surface area contributed by atoms with Gasteiger partial charge < -0.3 is 0 Å². The molecule has 27 heavy (non-hydrogen) atoms. The van der Waals surface area contributed by atoms with Crippen LogP contribution in [0.2, 0.25) is 0 Å². The van der Waals surface area contributed by atoms with Gasteiger partial charge in [-0.15, -0.1) is 0 Å². The number of aryl methyl sites for hydroxylation is 1. The van der Waals surface area contributed by atoms with E-state index in [-0.39, 0.29) is 16.7 Å². The lowest BCUT2D eigenvalue weighted by molar-refractivity contribution is -0.138. The predicted octanol–water partition coefficient (Wildman–Crippen LogP) is 2.88. The molecule has 2 aromatic rings. The van der Waals surface area contributed by atoms with Crippen molar-refractivity contribution in [1.82, 2.24) is 5.32 Å². The van der Waals surface area contributed by atoms with Gasteiger partial charge in [-0.1, -0.05) is 36.8 Å². The van der Waals surface area contributed by atoms with Crippen LogP contribution in [-0.4, -0.2) is 20.2 Å². The second kappa shape index (κ2) is 7.15. The zero-order valence-electron chi connectivity index (χ0n) is 15.3. The maximum Gasteiger partial charge on any atom is 0.261 e. The molecule has 1 fully saturated rings. The van der Waals surface area contributed by atoms with E-state index in [1.165, 1.54) is 0 Å². The summed E-state index contributed by atoms with van der Waals surface area (Å²) in [6.45, 7) is 3.80. The first-order valence-electron chi connectivity index (χ1n) is 8.81. The lowest BCUT2D eigenvalue weighted by atomic mass is 9.72. The molecular weight excluding hydrogens is 364 g/mol. The van der Waals surface area contributed by atoms with E-state index < -0.39 is 15.4 Å². The van der Waals surface area contributed by atoms with Crippen molar-refractivity contribution in [2.45, 2.75) is 43.4 Å². The maximum absolute atomic E-state index is 12.5. The molecule has 7 heteroatoms. The van der Waals surface area contributed by atoms with E-state index in [0.717, 1.165) is 11.1 Å². The van der Waals surface area contributed by atoms with Crippen molar-refractivity contribution in [3.05, 3.63) is 59.7 Å². The third-order valence-electron chi connectivity index (χ3n) is 5.09. The second-order valence-electron chi connectivity index (χ2n) is 6.81. The summed E-state index contributed by atoms with van der Waals surface area (Å²) in [6.07, 6.45) is 1.30. The minimum Gasteiger partial charge on any atom is -0.296 e. The number of rotatable bonds is 5. The summed E-state index contributed by atoms with van der Waals surface area (Å²) in [5.74, 6) is -0.555. The molecule has 0 spiro atoms. The maximum atomic E-state index is 12.5. The minimum atomic E-state index is -3.68. The Bertz CT molecular complexity index is 966. The molecule has 2 N–H and O–H groups in total. The molecule has 0 unspecified atom stereocenters. The van der Waals surface area contributed by atoms with Crippen LogP contribution in [0.25, 0.3) is 0 Å². The van der Waals surface area contributed by atoms with E-state index in [4.69, 9.17) is 0 Å². The fourth-order valence-electron chi connectivity index (χ4n) is 3.35. The standard InChI is InChI=1S/C20H22N2O4S/c1-3-20(13-12-18(23)21-19(20)24)15-6-8-16(9-7-15)22-27(25,26)17-10-4-14(2)5-11-17/h4-11,22H,3,12-13H2,1-2H3,(H,21,23,24)/t20-/m0/s1. The van der Waals surface area contributed by atoms with Crippen LogP contribution in [0, 0.1) is 6.92 Å². The van der Waals surface area contributed by atoms with Crippen LogP contribution in [0.4, 0.5) is 5.69 Å². The van der Waals surface area contributed by atoms with Crippen LogP contribution in [0.1, 0.15) is 37.3 Å². The van der Waals surface area contributed by atoms with Gasteiger partial charge in [0.25, 0.3) is 10.0 Å². The number of hydrogen-bond acceptors (Lipinski definition) is 4. The van der Waals surface area contributed by atoms with Gasteiger partial charge in [0.15, 0.2) is 0 Å². The van der Waals surface area contributed by atoms with Crippen molar-refractivity contribution in [3.63, 3.8) is 0 Å². The highest BCUT2D eigenvalue weighted by molar-refractivity contribution is 7.92. The molecule has 1 atom stereocenters. The van der Waals surface area contributed by atoms with Crippen molar-refractivity contribution >= 4 is 27.5 Å². The second-order valence-corrected chi connectivity index (χ2v) is 8.49. The molecule has 2 aromatic carbocycles. The van der Waals surface area contributed by atoms with Crippen molar-refractivity contribution in [2.75, 3.05) is 4.72 Å². The summed E-state index contributed by atoms with van der Waals surface area (Å²) in [5.41, 5.74) is 1.40. The largest absolute Gasteiger partial charge is 0.296 e. The summed E-state index contributed by atoms with van der Waals surface area (Å²) in [5, 5.41) is 2.41. The number of hydrogen-bond donors (Lipinski definition) is 2. The molecule has 0 bridgehead atoms. The minimum absolute atomic E-state index is 0.187. The third-order valence-corrected chi connectivity index (χ3v) is 6.49. The SMILES string of the molecule is CC[C@@]1(c2ccc(NS(=O)(=O)c3ccc(C)cc3)cc2)CCC(=O)NC1=O. The fraction of sp³-hybridized carbons (Fsp3) is 0.300. The van der Waals surface area contributed by atoms with E-state index in [1.54, 1.807) is 48.5 Å². The molecule has 0 saturated carbocycles. The molecule has 3 rings (SSSR count). The molecule has 0 aliphatic carbocycles. The average Bonchev–Trinajstić information content (AvgIpc) is 2.63. The van der Waals surface area contributed by atoms with Crippen LogP contribution in [0.5, 0.6) is 0 Å². The molecule has 1 heterocycles. The van der Waals surface area contributed by atoms with Gasteiger partial charge in [0.2, 0.25) is 11.8 Å². The fourth-order valence-corrected chi connectivity index (χ4v) is 4.41. The quantitative estimate of drug-likeness (QED) is 0.773. The van der Waals surface area contributed by atoms with E-state index >= 15 is 0 Å². The Morgan fingerprint density at radius 3 is 2.22 bits per heavy atom. The smallest absolute Gasteiger partial charge is 0.261 e. The Balaban J connectivity index is 1.84. The molecule has 2 amide bonds. The van der Waals surface area contributed by atoms with Crippen LogP contribution in [0.15, 0.2) is 53.4 Å². The lowest BCUT2D eigenvalue weighted by Gasteiger charge is -2.35. The Labute approximate surface area is 159 Å². The Morgan fingerprint density at radius 1 is 1.04 bits per heavy atom. The topological polar surface area (TPSA) is 92.3 Å². The highest BCUT2D eigenvalue weighted by atomic mass is 32.2. The van der Waals surface area contributed by atoms with Crippen LogP contribution in [0.3, 0.4) is 0 Å².